The van der Waals surface area contributed by atoms with Gasteiger partial charge in [-0.25, -0.2) is 4.68 Å². The number of aliphatic hydroxyl groups is 1. The van der Waals surface area contributed by atoms with Crippen LogP contribution in [-0.4, -0.2) is 80.3 Å². The van der Waals surface area contributed by atoms with Gasteiger partial charge in [-0.1, -0.05) is 0 Å². The minimum atomic E-state index is -0.453. The molecule has 6 rings (SSSR count). The van der Waals surface area contributed by atoms with Gasteiger partial charge in [-0.3, -0.25) is 9.69 Å². The first kappa shape index (κ1) is 21.5. The van der Waals surface area contributed by atoms with E-state index < -0.39 is 6.04 Å². The zero-order chi connectivity index (χ0) is 23.1. The van der Waals surface area contributed by atoms with Crippen LogP contribution in [0.5, 0.6) is 11.5 Å². The highest BCUT2D eigenvalue weighted by molar-refractivity contribution is 5.83. The number of aromatic nitrogens is 5. The molecule has 5 heterocycles. The maximum absolute atomic E-state index is 13.4. The van der Waals surface area contributed by atoms with Crippen molar-refractivity contribution < 1.29 is 19.3 Å². The number of ether oxygens (including phenoxy) is 3. The van der Waals surface area contributed by atoms with E-state index >= 15 is 0 Å². The van der Waals surface area contributed by atoms with Crippen LogP contribution in [0.4, 0.5) is 0 Å². The summed E-state index contributed by atoms with van der Waals surface area (Å²) >= 11 is 0. The van der Waals surface area contributed by atoms with Crippen LogP contribution in [0.1, 0.15) is 43.1 Å². The fraction of sp³-hybridized carbons (Fsp3) is 0.565. The number of piperidine rings is 1. The molecule has 2 aromatic heterocycles. The van der Waals surface area contributed by atoms with Gasteiger partial charge in [-0.15, -0.1) is 5.10 Å². The predicted octanol–water partition coefficient (Wildman–Crippen LogP) is 1.01. The van der Waals surface area contributed by atoms with Crippen molar-refractivity contribution >= 4 is 10.9 Å². The Morgan fingerprint density at radius 2 is 1.88 bits per heavy atom. The number of rotatable bonds is 5. The lowest BCUT2D eigenvalue weighted by Gasteiger charge is -2.35. The average Bonchev–Trinajstić information content (AvgIpc) is 3.52. The monoisotopic (exact) mass is 468 g/mol. The summed E-state index contributed by atoms with van der Waals surface area (Å²) in [6.07, 6.45) is 2.98. The van der Waals surface area contributed by atoms with E-state index in [4.69, 9.17) is 14.2 Å². The minimum Gasteiger partial charge on any atom is -0.486 e. The lowest BCUT2D eigenvalue weighted by atomic mass is 9.99. The van der Waals surface area contributed by atoms with Gasteiger partial charge in [0, 0.05) is 36.7 Å². The second-order valence-electron chi connectivity index (χ2n) is 9.16. The summed E-state index contributed by atoms with van der Waals surface area (Å²) in [6, 6.07) is 5.15. The van der Waals surface area contributed by atoms with Gasteiger partial charge in [0.1, 0.15) is 19.3 Å². The second-order valence-corrected chi connectivity index (χ2v) is 9.16. The third-order valence-corrected chi connectivity index (χ3v) is 6.90. The van der Waals surface area contributed by atoms with Crippen molar-refractivity contribution in [1.82, 2.24) is 30.1 Å². The number of pyridine rings is 1. The Hall–Kier alpha value is -3.02. The van der Waals surface area contributed by atoms with Gasteiger partial charge in [0.05, 0.1) is 24.3 Å². The van der Waals surface area contributed by atoms with Crippen LogP contribution in [0.25, 0.3) is 10.9 Å². The second kappa shape index (κ2) is 8.97. The van der Waals surface area contributed by atoms with E-state index in [-0.39, 0.29) is 17.8 Å². The number of likely N-dealkylation sites (tertiary alicyclic amines) is 1. The Labute approximate surface area is 195 Å². The Kier molecular flexibility index (Phi) is 5.67. The van der Waals surface area contributed by atoms with E-state index in [1.807, 2.05) is 18.2 Å². The van der Waals surface area contributed by atoms with Crippen molar-refractivity contribution in [2.75, 3.05) is 32.9 Å². The minimum absolute atomic E-state index is 0.0598. The number of hydrogen-bond donors (Lipinski definition) is 2. The third-order valence-electron chi connectivity index (χ3n) is 6.90. The van der Waals surface area contributed by atoms with Gasteiger partial charge in [-0.2, -0.15) is 0 Å². The molecule has 0 amide bonds. The molecular formula is C23H28N6O5. The lowest BCUT2D eigenvalue weighted by Crippen LogP contribution is -2.42. The van der Waals surface area contributed by atoms with Crippen LogP contribution in [0, 0.1) is 0 Å². The third kappa shape index (κ3) is 4.04. The molecule has 2 saturated heterocycles. The number of hydrogen-bond acceptors (Lipinski definition) is 9. The quantitative estimate of drug-likeness (QED) is 0.564. The van der Waals surface area contributed by atoms with E-state index in [1.54, 1.807) is 4.68 Å². The number of aliphatic hydroxyl groups excluding tert-OH is 1. The molecule has 0 spiro atoms. The van der Waals surface area contributed by atoms with E-state index in [2.05, 4.69) is 25.4 Å². The van der Waals surface area contributed by atoms with Gasteiger partial charge in [-0.05, 0) is 48.2 Å². The van der Waals surface area contributed by atoms with E-state index in [0.29, 0.717) is 74.1 Å². The van der Waals surface area contributed by atoms with Gasteiger partial charge in [0.25, 0.3) is 5.56 Å². The topological polar surface area (TPSA) is 128 Å². The molecule has 2 fully saturated rings. The zero-order valence-corrected chi connectivity index (χ0v) is 18.9. The molecule has 3 aliphatic heterocycles. The van der Waals surface area contributed by atoms with Gasteiger partial charge >= 0.3 is 0 Å². The van der Waals surface area contributed by atoms with Gasteiger partial charge < -0.3 is 24.3 Å². The molecule has 0 saturated carbocycles. The fourth-order valence-electron chi connectivity index (χ4n) is 5.12. The first-order valence-electron chi connectivity index (χ1n) is 11.9. The van der Waals surface area contributed by atoms with Crippen molar-refractivity contribution in [1.29, 1.82) is 0 Å². The van der Waals surface area contributed by atoms with Gasteiger partial charge in [0.2, 0.25) is 0 Å². The first-order valence-corrected chi connectivity index (χ1v) is 11.9. The van der Waals surface area contributed by atoms with Crippen LogP contribution in [0.3, 0.4) is 0 Å². The highest BCUT2D eigenvalue weighted by atomic mass is 16.6. The zero-order valence-electron chi connectivity index (χ0n) is 18.9. The molecule has 11 heteroatoms. The Balaban J connectivity index is 1.43. The summed E-state index contributed by atoms with van der Waals surface area (Å²) in [4.78, 5) is 18.6. The lowest BCUT2D eigenvalue weighted by molar-refractivity contribution is 0.0632. The molecule has 0 radical (unpaired) electrons. The highest BCUT2D eigenvalue weighted by Gasteiger charge is 2.33. The molecule has 0 aliphatic carbocycles. The number of nitrogens with one attached hydrogen (secondary N) is 1. The molecular weight excluding hydrogens is 440 g/mol. The molecule has 3 aromatic rings. The van der Waals surface area contributed by atoms with Crippen LogP contribution < -0.4 is 15.0 Å². The smallest absolute Gasteiger partial charge is 0.253 e. The van der Waals surface area contributed by atoms with Crippen molar-refractivity contribution in [2.45, 2.75) is 50.5 Å². The predicted molar refractivity (Wildman–Crippen MR) is 121 cm³/mol. The standard InChI is InChI=1S/C23H28N6O5/c30-15-3-5-28(6-4-15)21(22-25-26-27-29(22)13-16-2-1-7-32-16)17-10-14-11-19-20(34-9-8-33-19)12-18(14)24-23(17)31/h10-12,15-16,21,30H,1-9,13H2,(H,24,31)/t16-,21-/m1/s1. The van der Waals surface area contributed by atoms with Crippen LogP contribution in [-0.2, 0) is 11.3 Å². The molecule has 34 heavy (non-hydrogen) atoms. The fourth-order valence-corrected chi connectivity index (χ4v) is 5.12. The molecule has 180 valence electrons. The summed E-state index contributed by atoms with van der Waals surface area (Å²) in [5.41, 5.74) is 1.04. The Bertz CT molecular complexity index is 1230. The molecule has 0 unspecified atom stereocenters. The molecule has 2 atom stereocenters. The summed E-state index contributed by atoms with van der Waals surface area (Å²) in [5.74, 6) is 1.90. The first-order chi connectivity index (χ1) is 16.7. The van der Waals surface area contributed by atoms with E-state index in [1.165, 1.54) is 0 Å². The van der Waals surface area contributed by atoms with Gasteiger partial charge in [0.15, 0.2) is 17.3 Å². The van der Waals surface area contributed by atoms with E-state index in [0.717, 1.165) is 24.8 Å². The number of benzene rings is 1. The SMILES string of the molecule is O=c1[nH]c2cc3c(cc2cc1[C@H](c1nnnn1C[C@H]1CCCO1)N1CCC(O)CC1)OCCO3. The molecule has 11 nitrogen and oxygen atoms in total. The summed E-state index contributed by atoms with van der Waals surface area (Å²) in [7, 11) is 0. The maximum Gasteiger partial charge on any atom is 0.253 e. The molecule has 3 aliphatic rings. The largest absolute Gasteiger partial charge is 0.486 e. The van der Waals surface area contributed by atoms with Crippen molar-refractivity contribution in [3.8, 4) is 11.5 Å². The van der Waals surface area contributed by atoms with E-state index in [9.17, 15) is 9.90 Å². The maximum atomic E-state index is 13.4. The molecule has 0 bridgehead atoms. The number of fused-ring (bicyclic) bond motifs is 2. The highest BCUT2D eigenvalue weighted by Crippen LogP contribution is 2.35. The molecule has 2 N–H and O–H groups in total. The van der Waals surface area contributed by atoms with Crippen LogP contribution in [0.2, 0.25) is 0 Å². The average molecular weight is 469 g/mol. The Morgan fingerprint density at radius 1 is 1.09 bits per heavy atom. The summed E-state index contributed by atoms with van der Waals surface area (Å²) in [5, 5.41) is 23.5. The normalized spacial score (nSPS) is 22.3. The number of H-pyrrole nitrogens is 1. The Morgan fingerprint density at radius 3 is 2.65 bits per heavy atom. The van der Waals surface area contributed by atoms with Crippen molar-refractivity contribution in [2.24, 2.45) is 0 Å². The van der Waals surface area contributed by atoms with Crippen LogP contribution in [0.15, 0.2) is 23.0 Å². The summed E-state index contributed by atoms with van der Waals surface area (Å²) < 4.78 is 19.0. The van der Waals surface area contributed by atoms with Crippen molar-refractivity contribution in [3.63, 3.8) is 0 Å². The number of aromatic amines is 1. The summed E-state index contributed by atoms with van der Waals surface area (Å²) in [6.45, 7) is 3.53. The number of nitrogens with zero attached hydrogens (tertiary/aromatic N) is 5. The van der Waals surface area contributed by atoms with Crippen LogP contribution >= 0.6 is 0 Å². The number of tetrazole rings is 1. The van der Waals surface area contributed by atoms with Crippen molar-refractivity contribution in [3.05, 3.63) is 39.9 Å². The molecule has 1 aromatic carbocycles.